The molecule has 1 atom stereocenters. The number of anilines is 1. The number of halogens is 1. The smallest absolute Gasteiger partial charge is 0.410 e. The molecule has 4 rings (SSSR count). The van der Waals surface area contributed by atoms with Crippen molar-refractivity contribution in [2.75, 3.05) is 18.0 Å². The second-order valence-corrected chi connectivity index (χ2v) is 8.96. The molecule has 1 spiro atoms. The number of piperidine rings is 1. The highest BCUT2D eigenvalue weighted by atomic mass is 19.1. The standard InChI is InChI=1S/C23H26FN3O3/c1-22(2,3)30-21(29)26-13-10-23(11-14-26)19(16-5-4-12-25-15-16)27(20(23)28)18-8-6-17(24)7-9-18/h4-9,12,15,19H,10-11,13-14H2,1-3H3. The van der Waals surface area contributed by atoms with Gasteiger partial charge < -0.3 is 14.5 Å². The Hall–Kier alpha value is -2.96. The van der Waals surface area contributed by atoms with E-state index in [1.807, 2.05) is 32.9 Å². The molecule has 1 unspecified atom stereocenters. The highest BCUT2D eigenvalue weighted by Crippen LogP contribution is 2.57. The van der Waals surface area contributed by atoms with Crippen LogP contribution in [-0.2, 0) is 9.53 Å². The highest BCUT2D eigenvalue weighted by Gasteiger charge is 2.62. The van der Waals surface area contributed by atoms with E-state index in [4.69, 9.17) is 4.74 Å². The summed E-state index contributed by atoms with van der Waals surface area (Å²) in [4.78, 5) is 33.5. The Morgan fingerprint density at radius 2 is 1.83 bits per heavy atom. The third-order valence-corrected chi connectivity index (χ3v) is 5.84. The first-order valence-electron chi connectivity index (χ1n) is 10.2. The Kier molecular flexibility index (Phi) is 5.00. The van der Waals surface area contributed by atoms with Crippen LogP contribution in [0.5, 0.6) is 0 Å². The van der Waals surface area contributed by atoms with Gasteiger partial charge in [0.15, 0.2) is 0 Å². The number of amides is 2. The average Bonchev–Trinajstić information content (AvgIpc) is 2.72. The normalized spacial score (nSPS) is 20.8. The van der Waals surface area contributed by atoms with Crippen molar-refractivity contribution < 1.29 is 18.7 Å². The van der Waals surface area contributed by atoms with E-state index in [2.05, 4.69) is 4.98 Å². The molecule has 7 heteroatoms. The van der Waals surface area contributed by atoms with Crippen molar-refractivity contribution in [1.82, 2.24) is 9.88 Å². The van der Waals surface area contributed by atoms with Crippen molar-refractivity contribution in [1.29, 1.82) is 0 Å². The SMILES string of the molecule is CC(C)(C)OC(=O)N1CCC2(CC1)C(=O)N(c1ccc(F)cc1)C2c1cccnc1. The maximum Gasteiger partial charge on any atom is 0.410 e. The van der Waals surface area contributed by atoms with Crippen LogP contribution in [0.15, 0.2) is 48.8 Å². The molecule has 1 aromatic carbocycles. The number of rotatable bonds is 2. The Morgan fingerprint density at radius 1 is 1.17 bits per heavy atom. The summed E-state index contributed by atoms with van der Waals surface area (Å²) >= 11 is 0. The summed E-state index contributed by atoms with van der Waals surface area (Å²) < 4.78 is 18.9. The number of hydrogen-bond acceptors (Lipinski definition) is 4. The molecule has 3 heterocycles. The molecule has 0 saturated carbocycles. The average molecular weight is 411 g/mol. The molecule has 2 aliphatic heterocycles. The Morgan fingerprint density at radius 3 is 2.40 bits per heavy atom. The first-order valence-corrected chi connectivity index (χ1v) is 10.2. The van der Waals surface area contributed by atoms with Crippen LogP contribution in [0.3, 0.4) is 0 Å². The lowest BCUT2D eigenvalue weighted by Crippen LogP contribution is -2.67. The fourth-order valence-electron chi connectivity index (χ4n) is 4.43. The predicted octanol–water partition coefficient (Wildman–Crippen LogP) is 4.33. The van der Waals surface area contributed by atoms with E-state index in [1.54, 1.807) is 34.3 Å². The summed E-state index contributed by atoms with van der Waals surface area (Å²) in [5.74, 6) is -0.336. The first kappa shape index (κ1) is 20.3. The van der Waals surface area contributed by atoms with Gasteiger partial charge in [-0.25, -0.2) is 9.18 Å². The number of carbonyl (C=O) groups is 2. The molecule has 158 valence electrons. The molecule has 30 heavy (non-hydrogen) atoms. The number of β-lactam (4-membered cyclic amide) rings is 1. The fourth-order valence-corrected chi connectivity index (χ4v) is 4.43. The summed E-state index contributed by atoms with van der Waals surface area (Å²) in [6.07, 6.45) is 4.21. The van der Waals surface area contributed by atoms with Gasteiger partial charge >= 0.3 is 6.09 Å². The van der Waals surface area contributed by atoms with Gasteiger partial charge in [0.05, 0.1) is 11.5 Å². The van der Waals surface area contributed by atoms with Crippen molar-refractivity contribution in [3.63, 3.8) is 0 Å². The number of hydrogen-bond donors (Lipinski definition) is 0. The third kappa shape index (κ3) is 3.53. The third-order valence-electron chi connectivity index (χ3n) is 5.84. The minimum Gasteiger partial charge on any atom is -0.444 e. The molecule has 0 aliphatic carbocycles. The van der Waals surface area contributed by atoms with Gasteiger partial charge in [-0.15, -0.1) is 0 Å². The van der Waals surface area contributed by atoms with Crippen LogP contribution in [0, 0.1) is 11.2 Å². The summed E-state index contributed by atoms with van der Waals surface area (Å²) in [6.45, 7) is 6.42. The summed E-state index contributed by atoms with van der Waals surface area (Å²) in [6, 6.07) is 9.58. The van der Waals surface area contributed by atoms with Gasteiger partial charge in [0.2, 0.25) is 5.91 Å². The predicted molar refractivity (Wildman–Crippen MR) is 110 cm³/mol. The fraction of sp³-hybridized carbons (Fsp3) is 0.435. The molecule has 0 N–H and O–H groups in total. The van der Waals surface area contributed by atoms with Gasteiger partial charge in [0, 0.05) is 31.2 Å². The van der Waals surface area contributed by atoms with E-state index in [0.29, 0.717) is 31.6 Å². The minimum atomic E-state index is -0.601. The number of benzene rings is 1. The van der Waals surface area contributed by atoms with Crippen LogP contribution in [0.2, 0.25) is 0 Å². The lowest BCUT2D eigenvalue weighted by molar-refractivity contribution is -0.144. The van der Waals surface area contributed by atoms with E-state index in [0.717, 1.165) is 5.56 Å². The second kappa shape index (κ2) is 7.38. The maximum atomic E-state index is 13.4. The van der Waals surface area contributed by atoms with Crippen molar-refractivity contribution in [3.8, 4) is 0 Å². The van der Waals surface area contributed by atoms with E-state index < -0.39 is 11.0 Å². The van der Waals surface area contributed by atoms with Crippen molar-refractivity contribution in [2.45, 2.75) is 45.3 Å². The zero-order chi connectivity index (χ0) is 21.5. The summed E-state index contributed by atoms with van der Waals surface area (Å²) in [7, 11) is 0. The molecular formula is C23H26FN3O3. The second-order valence-electron chi connectivity index (χ2n) is 8.96. The number of likely N-dealkylation sites (tertiary alicyclic amines) is 1. The summed E-state index contributed by atoms with van der Waals surface area (Å²) in [5.41, 5.74) is 0.439. The monoisotopic (exact) mass is 411 g/mol. The van der Waals surface area contributed by atoms with Crippen LogP contribution in [0.4, 0.5) is 14.9 Å². The van der Waals surface area contributed by atoms with Gasteiger partial charge in [-0.3, -0.25) is 9.78 Å². The van der Waals surface area contributed by atoms with Crippen molar-refractivity contribution in [2.24, 2.45) is 5.41 Å². The zero-order valence-electron chi connectivity index (χ0n) is 17.5. The Labute approximate surface area is 175 Å². The molecule has 2 amide bonds. The Bertz CT molecular complexity index is 932. The van der Waals surface area contributed by atoms with Crippen LogP contribution < -0.4 is 4.90 Å². The van der Waals surface area contributed by atoms with Crippen molar-refractivity contribution >= 4 is 17.7 Å². The van der Waals surface area contributed by atoms with Crippen LogP contribution in [0.1, 0.15) is 45.2 Å². The van der Waals surface area contributed by atoms with Crippen molar-refractivity contribution in [3.05, 3.63) is 60.2 Å². The first-order chi connectivity index (χ1) is 14.2. The van der Waals surface area contributed by atoms with Gasteiger partial charge in [-0.05, 0) is 69.5 Å². The number of pyridine rings is 1. The molecule has 2 aliphatic rings. The number of ether oxygens (including phenoxy) is 1. The van der Waals surface area contributed by atoms with E-state index in [1.165, 1.54) is 12.1 Å². The lowest BCUT2D eigenvalue weighted by Gasteiger charge is -2.58. The van der Waals surface area contributed by atoms with Gasteiger partial charge in [0.25, 0.3) is 0 Å². The molecule has 0 bridgehead atoms. The van der Waals surface area contributed by atoms with Gasteiger partial charge in [0.1, 0.15) is 11.4 Å². The van der Waals surface area contributed by atoms with Gasteiger partial charge in [-0.1, -0.05) is 6.07 Å². The number of aromatic nitrogens is 1. The topological polar surface area (TPSA) is 62.7 Å². The molecular weight excluding hydrogens is 385 g/mol. The van der Waals surface area contributed by atoms with Crippen LogP contribution in [0.25, 0.3) is 0 Å². The molecule has 1 aromatic heterocycles. The van der Waals surface area contributed by atoms with Crippen LogP contribution >= 0.6 is 0 Å². The maximum absolute atomic E-state index is 13.4. The van der Waals surface area contributed by atoms with E-state index in [-0.39, 0.29) is 23.9 Å². The molecule has 2 saturated heterocycles. The molecule has 0 radical (unpaired) electrons. The minimum absolute atomic E-state index is 0.00630. The van der Waals surface area contributed by atoms with E-state index >= 15 is 0 Å². The zero-order valence-corrected chi connectivity index (χ0v) is 17.5. The highest BCUT2D eigenvalue weighted by molar-refractivity contribution is 6.06. The molecule has 2 fully saturated rings. The van der Waals surface area contributed by atoms with Crippen LogP contribution in [-0.4, -0.2) is 40.6 Å². The summed E-state index contributed by atoms with van der Waals surface area (Å²) in [5, 5.41) is 0. The quantitative estimate of drug-likeness (QED) is 0.691. The largest absolute Gasteiger partial charge is 0.444 e. The lowest BCUT2D eigenvalue weighted by atomic mass is 9.62. The molecule has 6 nitrogen and oxygen atoms in total. The number of carbonyl (C=O) groups excluding carboxylic acids is 2. The Balaban J connectivity index is 1.59. The van der Waals surface area contributed by atoms with E-state index in [9.17, 15) is 14.0 Å². The molecule has 2 aromatic rings. The van der Waals surface area contributed by atoms with Gasteiger partial charge in [-0.2, -0.15) is 0 Å². The number of nitrogens with zero attached hydrogens (tertiary/aromatic N) is 3.